The number of nitrogens with one attached hydrogen (secondary N) is 1. The monoisotopic (exact) mass is 307 g/mol. The second-order valence-electron chi connectivity index (χ2n) is 5.71. The van der Waals surface area contributed by atoms with Gasteiger partial charge in [-0.2, -0.15) is 5.10 Å². The molecule has 0 bridgehead atoms. The van der Waals surface area contributed by atoms with Crippen LogP contribution in [0.1, 0.15) is 22.6 Å². The Hall–Kier alpha value is -2.89. The maximum atomic E-state index is 12.5. The summed E-state index contributed by atoms with van der Waals surface area (Å²) in [6.07, 6.45) is 7.23. The van der Waals surface area contributed by atoms with E-state index in [0.717, 1.165) is 24.4 Å². The summed E-state index contributed by atoms with van der Waals surface area (Å²) in [7, 11) is 0. The first-order valence-corrected chi connectivity index (χ1v) is 7.70. The summed E-state index contributed by atoms with van der Waals surface area (Å²) in [6, 6.07) is 11.6. The van der Waals surface area contributed by atoms with Crippen molar-refractivity contribution >= 4 is 5.91 Å². The summed E-state index contributed by atoms with van der Waals surface area (Å²) in [5, 5.41) is 7.29. The van der Waals surface area contributed by atoms with Crippen LogP contribution in [0.15, 0.2) is 55.1 Å². The second kappa shape index (κ2) is 5.72. The van der Waals surface area contributed by atoms with Crippen molar-refractivity contribution in [1.82, 2.24) is 24.6 Å². The first kappa shape index (κ1) is 13.8. The van der Waals surface area contributed by atoms with E-state index < -0.39 is 0 Å². The minimum Gasteiger partial charge on any atom is -0.347 e. The average Bonchev–Trinajstić information content (AvgIpc) is 3.26. The number of aryl methyl sites for hydroxylation is 1. The maximum Gasteiger partial charge on any atom is 0.251 e. The van der Waals surface area contributed by atoms with Crippen molar-refractivity contribution in [2.75, 3.05) is 0 Å². The van der Waals surface area contributed by atoms with Crippen molar-refractivity contribution in [1.29, 1.82) is 0 Å². The fraction of sp³-hybridized carbons (Fsp3) is 0.235. The Balaban J connectivity index is 1.49. The molecule has 1 aliphatic rings. The van der Waals surface area contributed by atoms with Gasteiger partial charge in [-0.3, -0.25) is 4.79 Å². The van der Waals surface area contributed by atoms with Gasteiger partial charge in [-0.05, 0) is 36.8 Å². The minimum atomic E-state index is -0.0485. The Bertz CT molecular complexity index is 821. The third kappa shape index (κ3) is 2.75. The van der Waals surface area contributed by atoms with Crippen LogP contribution in [0.5, 0.6) is 0 Å². The van der Waals surface area contributed by atoms with Crippen LogP contribution in [-0.2, 0) is 13.0 Å². The molecule has 6 nitrogen and oxygen atoms in total. The smallest absolute Gasteiger partial charge is 0.251 e. The lowest BCUT2D eigenvalue weighted by Gasteiger charge is -2.23. The predicted molar refractivity (Wildman–Crippen MR) is 85.4 cm³/mol. The molecule has 1 N–H and O–H groups in total. The van der Waals surface area contributed by atoms with Crippen LogP contribution in [0, 0.1) is 0 Å². The van der Waals surface area contributed by atoms with Crippen molar-refractivity contribution in [3.8, 4) is 5.69 Å². The zero-order chi connectivity index (χ0) is 15.6. The lowest BCUT2D eigenvalue weighted by Crippen LogP contribution is -2.41. The second-order valence-corrected chi connectivity index (χ2v) is 5.71. The van der Waals surface area contributed by atoms with Crippen LogP contribution in [0.2, 0.25) is 0 Å². The largest absolute Gasteiger partial charge is 0.347 e. The molecule has 1 aromatic carbocycles. The van der Waals surface area contributed by atoms with E-state index in [1.54, 1.807) is 6.33 Å². The molecule has 3 heterocycles. The van der Waals surface area contributed by atoms with E-state index in [-0.39, 0.29) is 11.9 Å². The highest BCUT2D eigenvalue weighted by Gasteiger charge is 2.21. The quantitative estimate of drug-likeness (QED) is 0.802. The van der Waals surface area contributed by atoms with Gasteiger partial charge in [0.25, 0.3) is 5.91 Å². The molecule has 0 saturated heterocycles. The van der Waals surface area contributed by atoms with Gasteiger partial charge in [0.2, 0.25) is 0 Å². The van der Waals surface area contributed by atoms with Crippen LogP contribution in [0.25, 0.3) is 5.69 Å². The first-order chi connectivity index (χ1) is 11.3. The van der Waals surface area contributed by atoms with Crippen molar-refractivity contribution in [2.45, 2.75) is 25.4 Å². The Morgan fingerprint density at radius 1 is 1.22 bits per heavy atom. The van der Waals surface area contributed by atoms with Gasteiger partial charge in [0.15, 0.2) is 0 Å². The zero-order valence-electron chi connectivity index (χ0n) is 12.6. The van der Waals surface area contributed by atoms with Crippen molar-refractivity contribution in [3.05, 3.63) is 66.5 Å². The first-order valence-electron chi connectivity index (χ1n) is 7.70. The highest BCUT2D eigenvalue weighted by Crippen LogP contribution is 2.14. The lowest BCUT2D eigenvalue weighted by molar-refractivity contribution is 0.0926. The molecular weight excluding hydrogens is 290 g/mol. The maximum absolute atomic E-state index is 12.5. The fourth-order valence-corrected chi connectivity index (χ4v) is 2.94. The van der Waals surface area contributed by atoms with Crippen molar-refractivity contribution in [2.24, 2.45) is 0 Å². The van der Waals surface area contributed by atoms with E-state index in [9.17, 15) is 4.79 Å². The van der Waals surface area contributed by atoms with Gasteiger partial charge < -0.3 is 9.88 Å². The topological polar surface area (TPSA) is 64.7 Å². The molecule has 116 valence electrons. The highest BCUT2D eigenvalue weighted by atomic mass is 16.1. The number of carbonyl (C=O) groups excluding carboxylic acids is 1. The Kier molecular flexibility index (Phi) is 3.42. The summed E-state index contributed by atoms with van der Waals surface area (Å²) in [4.78, 5) is 16.7. The van der Waals surface area contributed by atoms with Crippen LogP contribution in [0.3, 0.4) is 0 Å². The van der Waals surface area contributed by atoms with Gasteiger partial charge in [0, 0.05) is 36.1 Å². The molecule has 0 spiro atoms. The number of rotatable bonds is 3. The van der Waals surface area contributed by atoms with Gasteiger partial charge >= 0.3 is 0 Å². The number of hydrogen-bond acceptors (Lipinski definition) is 3. The minimum absolute atomic E-state index is 0.0485. The molecule has 1 amide bonds. The van der Waals surface area contributed by atoms with Gasteiger partial charge in [0.1, 0.15) is 12.2 Å². The third-order valence-electron chi connectivity index (χ3n) is 4.15. The number of fused-ring (bicyclic) bond motifs is 1. The van der Waals surface area contributed by atoms with Crippen LogP contribution < -0.4 is 5.32 Å². The van der Waals surface area contributed by atoms with Gasteiger partial charge in [-0.1, -0.05) is 6.07 Å². The normalized spacial score (nSPS) is 16.8. The number of nitrogens with zero attached hydrogens (tertiary/aromatic N) is 4. The molecule has 2 aromatic heterocycles. The molecule has 0 fully saturated rings. The molecule has 0 saturated carbocycles. The summed E-state index contributed by atoms with van der Waals surface area (Å²) in [6.45, 7) is 0.679. The Labute approximate surface area is 133 Å². The van der Waals surface area contributed by atoms with Crippen LogP contribution in [-0.4, -0.2) is 31.3 Å². The molecular formula is C17H17N5O. The molecule has 23 heavy (non-hydrogen) atoms. The molecule has 3 aromatic rings. The van der Waals surface area contributed by atoms with E-state index in [2.05, 4.69) is 15.4 Å². The van der Waals surface area contributed by atoms with Gasteiger partial charge in [-0.15, -0.1) is 0 Å². The Morgan fingerprint density at radius 2 is 2.09 bits per heavy atom. The SMILES string of the molecule is O=C(NC1CCc2ncnn2C1)c1cccc(-n2cccc2)c1. The number of carbonyl (C=O) groups is 1. The molecule has 6 heteroatoms. The molecule has 1 aliphatic heterocycles. The van der Waals surface area contributed by atoms with E-state index >= 15 is 0 Å². The highest BCUT2D eigenvalue weighted by molar-refractivity contribution is 5.94. The molecule has 4 rings (SSSR count). The molecule has 1 unspecified atom stereocenters. The molecule has 1 atom stereocenters. The lowest BCUT2D eigenvalue weighted by atomic mass is 10.1. The number of amides is 1. The summed E-state index contributed by atoms with van der Waals surface area (Å²) in [5.41, 5.74) is 1.64. The van der Waals surface area contributed by atoms with Crippen LogP contribution in [0.4, 0.5) is 0 Å². The molecule has 0 aliphatic carbocycles. The predicted octanol–water partition coefficient (Wildman–Crippen LogP) is 1.81. The van der Waals surface area contributed by atoms with E-state index in [0.29, 0.717) is 12.1 Å². The number of benzene rings is 1. The number of hydrogen-bond donors (Lipinski definition) is 1. The number of aromatic nitrogens is 4. The Morgan fingerprint density at radius 3 is 2.96 bits per heavy atom. The van der Waals surface area contributed by atoms with E-state index in [1.165, 1.54) is 0 Å². The van der Waals surface area contributed by atoms with Crippen molar-refractivity contribution < 1.29 is 4.79 Å². The average molecular weight is 307 g/mol. The van der Waals surface area contributed by atoms with Gasteiger partial charge in [0.05, 0.1) is 6.54 Å². The van der Waals surface area contributed by atoms with E-state index in [4.69, 9.17) is 0 Å². The summed E-state index contributed by atoms with van der Waals surface area (Å²) >= 11 is 0. The van der Waals surface area contributed by atoms with Crippen molar-refractivity contribution in [3.63, 3.8) is 0 Å². The summed E-state index contributed by atoms with van der Waals surface area (Å²) < 4.78 is 3.85. The van der Waals surface area contributed by atoms with Crippen LogP contribution >= 0.6 is 0 Å². The zero-order valence-corrected chi connectivity index (χ0v) is 12.6. The third-order valence-corrected chi connectivity index (χ3v) is 4.15. The van der Waals surface area contributed by atoms with Gasteiger partial charge in [-0.25, -0.2) is 9.67 Å². The fourth-order valence-electron chi connectivity index (χ4n) is 2.94. The van der Waals surface area contributed by atoms with E-state index in [1.807, 2.05) is 58.0 Å². The summed E-state index contributed by atoms with van der Waals surface area (Å²) in [5.74, 6) is 0.942. The standard InChI is InChI=1S/C17H17N5O/c23-17(20-14-6-7-16-18-12-19-22(16)11-14)13-4-3-5-15(10-13)21-8-1-2-9-21/h1-5,8-10,12,14H,6-7,11H2,(H,20,23). The molecule has 0 radical (unpaired) electrons.